The van der Waals surface area contributed by atoms with E-state index >= 15 is 0 Å². The van der Waals surface area contributed by atoms with E-state index in [0.29, 0.717) is 13.1 Å². The van der Waals surface area contributed by atoms with Crippen LogP contribution in [0.2, 0.25) is 0 Å². The molecule has 2 rings (SSSR count). The van der Waals surface area contributed by atoms with Crippen molar-refractivity contribution in [1.29, 1.82) is 0 Å². The molecule has 1 aliphatic heterocycles. The van der Waals surface area contributed by atoms with E-state index in [9.17, 15) is 9.59 Å². The molecule has 0 bridgehead atoms. The minimum absolute atomic E-state index is 0.0186. The second-order valence-corrected chi connectivity index (χ2v) is 7.79. The molecule has 2 amide bonds. The van der Waals surface area contributed by atoms with Crippen molar-refractivity contribution in [2.24, 2.45) is 5.92 Å². The molecule has 0 N–H and O–H groups in total. The lowest BCUT2D eigenvalue weighted by Gasteiger charge is -2.40. The Labute approximate surface area is 150 Å². The van der Waals surface area contributed by atoms with Crippen molar-refractivity contribution in [3.8, 4) is 0 Å². The molecule has 0 aliphatic carbocycles. The summed E-state index contributed by atoms with van der Waals surface area (Å²) in [5.74, 6) is 0.249. The van der Waals surface area contributed by atoms with Gasteiger partial charge in [-0.15, -0.1) is 0 Å². The average Bonchev–Trinajstić information content (AvgIpc) is 2.54. The monoisotopic (exact) mass is 346 g/mol. The molecule has 1 fully saturated rings. The quantitative estimate of drug-likeness (QED) is 0.829. The lowest BCUT2D eigenvalue weighted by molar-refractivity contribution is -0.117. The number of benzene rings is 1. The van der Waals surface area contributed by atoms with E-state index < -0.39 is 5.60 Å². The van der Waals surface area contributed by atoms with Gasteiger partial charge in [0.15, 0.2) is 0 Å². The van der Waals surface area contributed by atoms with Crippen LogP contribution >= 0.6 is 0 Å². The molecule has 2 unspecified atom stereocenters. The minimum atomic E-state index is -0.495. The molecule has 1 saturated heterocycles. The molecule has 1 aromatic carbocycles. The third kappa shape index (κ3) is 5.21. The highest BCUT2D eigenvalue weighted by Crippen LogP contribution is 2.28. The van der Waals surface area contributed by atoms with Gasteiger partial charge >= 0.3 is 6.09 Å². The van der Waals surface area contributed by atoms with Crippen LogP contribution in [-0.4, -0.2) is 41.6 Å². The molecule has 5 nitrogen and oxygen atoms in total. The van der Waals surface area contributed by atoms with Crippen LogP contribution in [0.1, 0.15) is 47.5 Å². The number of hydrogen-bond acceptors (Lipinski definition) is 3. The zero-order chi connectivity index (χ0) is 18.6. The lowest BCUT2D eigenvalue weighted by Crippen LogP contribution is -2.50. The van der Waals surface area contributed by atoms with Gasteiger partial charge in [-0.1, -0.05) is 18.2 Å². The molecule has 1 heterocycles. The van der Waals surface area contributed by atoms with E-state index in [1.165, 1.54) is 0 Å². The Hall–Kier alpha value is -2.04. The zero-order valence-electron chi connectivity index (χ0n) is 16.0. The third-order valence-corrected chi connectivity index (χ3v) is 4.57. The van der Waals surface area contributed by atoms with Gasteiger partial charge in [-0.25, -0.2) is 4.79 Å². The molecule has 25 heavy (non-hydrogen) atoms. The molecule has 2 atom stereocenters. The van der Waals surface area contributed by atoms with Gasteiger partial charge in [0.05, 0.1) is 0 Å². The minimum Gasteiger partial charge on any atom is -0.444 e. The molecular formula is C20H30N2O3. The summed E-state index contributed by atoms with van der Waals surface area (Å²) in [6.07, 6.45) is 1.66. The van der Waals surface area contributed by atoms with E-state index in [1.807, 2.05) is 56.0 Å². The Balaban J connectivity index is 2.11. The fraction of sp³-hybridized carbons (Fsp3) is 0.600. The highest BCUT2D eigenvalue weighted by atomic mass is 16.6. The van der Waals surface area contributed by atoms with Crippen molar-refractivity contribution < 1.29 is 14.3 Å². The summed E-state index contributed by atoms with van der Waals surface area (Å²) in [5, 5.41) is 0. The predicted octanol–water partition coefficient (Wildman–Crippen LogP) is 4.08. The van der Waals surface area contributed by atoms with Gasteiger partial charge in [0.2, 0.25) is 5.91 Å². The number of likely N-dealkylation sites (tertiary alicyclic amines) is 1. The molecule has 0 aromatic heterocycles. The first kappa shape index (κ1) is 19.3. The normalized spacial score (nSPS) is 19.2. The standard InChI is InChI=1S/C20H30N2O3/c1-15(22(16(2)23)18-11-7-6-8-12-18)17-10-9-13-21(14-17)19(24)25-20(3,4)5/h6-8,11-12,15,17H,9-10,13-14H2,1-5H3. The largest absolute Gasteiger partial charge is 0.444 e. The van der Waals surface area contributed by atoms with Crippen LogP contribution in [0.25, 0.3) is 0 Å². The van der Waals surface area contributed by atoms with Gasteiger partial charge in [-0.05, 0) is 58.6 Å². The predicted molar refractivity (Wildman–Crippen MR) is 99.6 cm³/mol. The number of para-hydroxylation sites is 1. The van der Waals surface area contributed by atoms with Crippen LogP contribution < -0.4 is 4.90 Å². The number of nitrogens with zero attached hydrogens (tertiary/aromatic N) is 2. The van der Waals surface area contributed by atoms with Crippen LogP contribution in [0.3, 0.4) is 0 Å². The maximum atomic E-state index is 12.4. The van der Waals surface area contributed by atoms with Crippen LogP contribution in [-0.2, 0) is 9.53 Å². The molecule has 0 saturated carbocycles. The molecule has 0 radical (unpaired) electrons. The Morgan fingerprint density at radius 3 is 2.44 bits per heavy atom. The summed E-state index contributed by atoms with van der Waals surface area (Å²) in [5.41, 5.74) is 0.405. The van der Waals surface area contributed by atoms with Crippen LogP contribution in [0.15, 0.2) is 30.3 Å². The first-order chi connectivity index (χ1) is 11.7. The van der Waals surface area contributed by atoms with E-state index in [0.717, 1.165) is 18.5 Å². The number of piperidine rings is 1. The Morgan fingerprint density at radius 1 is 1.24 bits per heavy atom. The second kappa shape index (κ2) is 7.89. The second-order valence-electron chi connectivity index (χ2n) is 7.79. The molecule has 1 aliphatic rings. The van der Waals surface area contributed by atoms with Gasteiger partial charge in [-0.3, -0.25) is 4.79 Å². The number of amides is 2. The van der Waals surface area contributed by atoms with E-state index in [-0.39, 0.29) is 24.0 Å². The smallest absolute Gasteiger partial charge is 0.410 e. The highest BCUT2D eigenvalue weighted by Gasteiger charge is 2.33. The number of carbonyl (C=O) groups is 2. The highest BCUT2D eigenvalue weighted by molar-refractivity contribution is 5.92. The summed E-state index contributed by atoms with van der Waals surface area (Å²) in [6, 6.07) is 9.73. The fourth-order valence-electron chi connectivity index (χ4n) is 3.40. The summed E-state index contributed by atoms with van der Waals surface area (Å²) < 4.78 is 5.50. The van der Waals surface area contributed by atoms with Gasteiger partial charge in [-0.2, -0.15) is 0 Å². The Morgan fingerprint density at radius 2 is 1.88 bits per heavy atom. The van der Waals surface area contributed by atoms with Gasteiger partial charge in [0, 0.05) is 31.7 Å². The van der Waals surface area contributed by atoms with Crippen molar-refractivity contribution in [3.63, 3.8) is 0 Å². The Bertz CT molecular complexity index is 595. The van der Waals surface area contributed by atoms with Crippen molar-refractivity contribution in [2.45, 2.75) is 59.1 Å². The van der Waals surface area contributed by atoms with Crippen molar-refractivity contribution in [1.82, 2.24) is 4.90 Å². The maximum Gasteiger partial charge on any atom is 0.410 e. The summed E-state index contributed by atoms with van der Waals surface area (Å²) in [6.45, 7) is 10.6. The number of carbonyl (C=O) groups excluding carboxylic acids is 2. The molecule has 0 spiro atoms. The summed E-state index contributed by atoms with van der Waals surface area (Å²) >= 11 is 0. The molecule has 1 aromatic rings. The topological polar surface area (TPSA) is 49.9 Å². The first-order valence-corrected chi connectivity index (χ1v) is 9.02. The number of rotatable bonds is 3. The van der Waals surface area contributed by atoms with Crippen molar-refractivity contribution in [2.75, 3.05) is 18.0 Å². The number of hydrogen-bond donors (Lipinski definition) is 0. The molecule has 5 heteroatoms. The van der Waals surface area contributed by atoms with Crippen molar-refractivity contribution >= 4 is 17.7 Å². The summed E-state index contributed by atoms with van der Waals surface area (Å²) in [4.78, 5) is 28.2. The molecular weight excluding hydrogens is 316 g/mol. The average molecular weight is 346 g/mol. The SMILES string of the molecule is CC(=O)N(c1ccccc1)C(C)C1CCCN(C(=O)OC(C)(C)C)C1. The van der Waals surface area contributed by atoms with Crippen LogP contribution in [0, 0.1) is 5.92 Å². The van der Waals surface area contributed by atoms with Gasteiger partial charge in [0.25, 0.3) is 0 Å². The zero-order valence-corrected chi connectivity index (χ0v) is 16.0. The number of ether oxygens (including phenoxy) is 1. The van der Waals surface area contributed by atoms with E-state index in [1.54, 1.807) is 11.8 Å². The van der Waals surface area contributed by atoms with Crippen LogP contribution in [0.5, 0.6) is 0 Å². The van der Waals surface area contributed by atoms with Crippen molar-refractivity contribution in [3.05, 3.63) is 30.3 Å². The molecule has 138 valence electrons. The van der Waals surface area contributed by atoms with Crippen LogP contribution in [0.4, 0.5) is 10.5 Å². The van der Waals surface area contributed by atoms with Gasteiger partial charge in [0.1, 0.15) is 5.60 Å². The first-order valence-electron chi connectivity index (χ1n) is 9.02. The lowest BCUT2D eigenvalue weighted by atomic mass is 9.90. The van der Waals surface area contributed by atoms with E-state index in [4.69, 9.17) is 4.74 Å². The number of anilines is 1. The van der Waals surface area contributed by atoms with E-state index in [2.05, 4.69) is 6.92 Å². The Kier molecular flexibility index (Phi) is 6.09. The maximum absolute atomic E-state index is 12.4. The fourth-order valence-corrected chi connectivity index (χ4v) is 3.40. The third-order valence-electron chi connectivity index (χ3n) is 4.57. The van der Waals surface area contributed by atoms with Gasteiger partial charge < -0.3 is 14.5 Å². The summed E-state index contributed by atoms with van der Waals surface area (Å²) in [7, 11) is 0.